The van der Waals surface area contributed by atoms with Gasteiger partial charge in [-0.15, -0.1) is 16.3 Å². The van der Waals surface area contributed by atoms with Gasteiger partial charge in [-0.2, -0.15) is 18.3 Å². The molecule has 3 N–H and O–H groups in total. The number of benzene rings is 3. The largest absolute Gasteiger partial charge is 0.492 e. The molecule has 1 saturated heterocycles. The molecule has 4 amide bonds. The van der Waals surface area contributed by atoms with Crippen molar-refractivity contribution in [1.29, 1.82) is 0 Å². The van der Waals surface area contributed by atoms with Crippen LogP contribution in [0.4, 0.5) is 18.0 Å². The van der Waals surface area contributed by atoms with Gasteiger partial charge in [0, 0.05) is 69.2 Å². The van der Waals surface area contributed by atoms with Crippen LogP contribution in [0, 0.1) is 18.3 Å². The maximum atomic E-state index is 14.6. The lowest BCUT2D eigenvalue weighted by Crippen LogP contribution is -2.57. The Morgan fingerprint density at radius 2 is 1.68 bits per heavy atom. The monoisotopic (exact) mass is 1170 g/mol. The summed E-state index contributed by atoms with van der Waals surface area (Å²) in [5, 5.41) is 20.6. The fourth-order valence-corrected chi connectivity index (χ4v) is 10.9. The summed E-state index contributed by atoms with van der Waals surface area (Å²) >= 11 is 8.15. The van der Waals surface area contributed by atoms with E-state index in [4.69, 9.17) is 25.8 Å². The SMILES string of the molecule is CCn1cc(-c2cc(Cn3ccn(C)c3=NC(=O)OC(C)(C)C)cc3c2OCC(Cc2ccc(Cl)c(OCCCCC(=O)N[C@H](C(=O)N4C[C@H](O)C[C@H]4C(=O)NCc4ccc(-c5scnc5C)cc4)C(C)(C)C)c2)C3=O)c(C(F)(F)F)n1. The van der Waals surface area contributed by atoms with Gasteiger partial charge in [-0.1, -0.05) is 62.7 Å². The second-order valence-electron chi connectivity index (χ2n) is 22.8. The Labute approximate surface area is 482 Å². The smallest absolute Gasteiger partial charge is 0.437 e. The molecule has 1 unspecified atom stereocenters. The molecule has 0 radical (unpaired) electrons. The first-order valence-corrected chi connectivity index (χ1v) is 28.4. The Bertz CT molecular complexity index is 3410. The molecule has 0 aliphatic carbocycles. The highest BCUT2D eigenvalue weighted by atomic mass is 35.5. The summed E-state index contributed by atoms with van der Waals surface area (Å²) in [7, 11) is 1.68. The van der Waals surface area contributed by atoms with Crippen LogP contribution in [0.15, 0.2) is 83.7 Å². The third-order valence-corrected chi connectivity index (χ3v) is 15.4. The van der Waals surface area contributed by atoms with E-state index < -0.39 is 64.9 Å². The van der Waals surface area contributed by atoms with Gasteiger partial charge in [0.05, 0.1) is 58.4 Å². The number of imidazole rings is 1. The van der Waals surface area contributed by atoms with Crippen molar-refractivity contribution in [3.63, 3.8) is 0 Å². The number of thiazole rings is 1. The van der Waals surface area contributed by atoms with E-state index in [2.05, 4.69) is 25.7 Å². The molecule has 82 heavy (non-hydrogen) atoms. The predicted molar refractivity (Wildman–Crippen MR) is 302 cm³/mol. The van der Waals surface area contributed by atoms with Crippen LogP contribution in [-0.2, 0) is 58.4 Å². The number of likely N-dealkylation sites (tertiary alicyclic amines) is 1. The van der Waals surface area contributed by atoms with Crippen LogP contribution in [-0.4, -0.2) is 107 Å². The number of hydrogen-bond donors (Lipinski definition) is 3. The van der Waals surface area contributed by atoms with Crippen molar-refractivity contribution in [2.45, 2.75) is 137 Å². The minimum absolute atomic E-state index is 0.00303. The van der Waals surface area contributed by atoms with Crippen LogP contribution in [0.5, 0.6) is 11.5 Å². The molecule has 6 aromatic rings. The Kier molecular flexibility index (Phi) is 18.6. The number of amides is 4. The predicted octanol–water partition coefficient (Wildman–Crippen LogP) is 9.49. The van der Waals surface area contributed by atoms with Gasteiger partial charge in [-0.25, -0.2) is 9.78 Å². The first-order chi connectivity index (χ1) is 38.7. The molecule has 0 saturated carbocycles. The Morgan fingerprint density at radius 3 is 2.35 bits per heavy atom. The Hall–Kier alpha value is -7.30. The van der Waals surface area contributed by atoms with Gasteiger partial charge in [0.15, 0.2) is 11.5 Å². The van der Waals surface area contributed by atoms with Crippen LogP contribution >= 0.6 is 22.9 Å². The third kappa shape index (κ3) is 14.7. The first kappa shape index (κ1) is 60.8. The molecule has 2 aliphatic heterocycles. The van der Waals surface area contributed by atoms with Crippen LogP contribution in [0.2, 0.25) is 5.02 Å². The van der Waals surface area contributed by atoms with Crippen LogP contribution in [0.25, 0.3) is 21.6 Å². The maximum Gasteiger partial charge on any atom is 0.437 e. The molecule has 2 aliphatic rings. The van der Waals surface area contributed by atoms with E-state index in [1.807, 2.05) is 52.0 Å². The van der Waals surface area contributed by atoms with Crippen molar-refractivity contribution in [1.82, 2.24) is 39.4 Å². The summed E-state index contributed by atoms with van der Waals surface area (Å²) in [5.41, 5.74) is 3.08. The number of aliphatic hydroxyl groups is 1. The molecule has 3 aromatic carbocycles. The van der Waals surface area contributed by atoms with Gasteiger partial charge in [-0.05, 0) is 106 Å². The molecule has 438 valence electrons. The molecule has 8 rings (SSSR count). The standard InChI is InChI=1S/C59H69ClF3N9O9S/c1-10-71-31-43(51(68-71)59(61,62)63)41-24-37(29-70-21-20-69(9)55(70)67-56(78)81-58(6,7)8)25-42-48(75)39(32-80-49(41)42)23-36-16-19-44(60)46(26-36)79-22-12-11-13-47(74)66-52(57(3,4)5)54(77)72-30-40(73)27-45(72)53(76)64-28-35-14-17-38(18-15-35)50-34(2)65-33-82-50/h14-21,24-26,31,33,39-40,45,52,73H,10-13,22-23,27-30,32H2,1-9H3,(H,64,76)(H,66,74)/t39?,40-,45+,52-/m1/s1. The third-order valence-electron chi connectivity index (χ3n) is 14.1. The highest BCUT2D eigenvalue weighted by molar-refractivity contribution is 7.13. The lowest BCUT2D eigenvalue weighted by molar-refractivity contribution is -0.144. The summed E-state index contributed by atoms with van der Waals surface area (Å²) in [4.78, 5) is 79.5. The van der Waals surface area contributed by atoms with Gasteiger partial charge in [0.1, 0.15) is 29.2 Å². The highest BCUT2D eigenvalue weighted by Gasteiger charge is 2.45. The molecule has 1 fully saturated rings. The quantitative estimate of drug-likeness (QED) is 0.0690. The van der Waals surface area contributed by atoms with Crippen molar-refractivity contribution >= 4 is 52.5 Å². The summed E-state index contributed by atoms with van der Waals surface area (Å²) in [6, 6.07) is 14.1. The second kappa shape index (κ2) is 25.0. The normalized spacial score (nSPS) is 17.1. The zero-order chi connectivity index (χ0) is 59.4. The number of aliphatic hydroxyl groups excluding tert-OH is 1. The average Bonchev–Trinajstić information content (AvgIpc) is 3.09. The van der Waals surface area contributed by atoms with Crippen LogP contribution < -0.4 is 25.7 Å². The zero-order valence-electron chi connectivity index (χ0n) is 47.4. The molecule has 23 heteroatoms. The molecule has 18 nitrogen and oxygen atoms in total. The van der Waals surface area contributed by atoms with Crippen molar-refractivity contribution < 1.29 is 56.5 Å². The van der Waals surface area contributed by atoms with Crippen LogP contribution in [0.3, 0.4) is 0 Å². The number of aryl methyl sites for hydroxylation is 3. The van der Waals surface area contributed by atoms with Crippen molar-refractivity contribution in [3.8, 4) is 33.1 Å². The molecular weight excluding hydrogens is 1100 g/mol. The minimum Gasteiger partial charge on any atom is -0.492 e. The number of rotatable bonds is 18. The summed E-state index contributed by atoms with van der Waals surface area (Å²) in [5.74, 6) is -2.04. The van der Waals surface area contributed by atoms with E-state index in [0.717, 1.165) is 21.7 Å². The van der Waals surface area contributed by atoms with Gasteiger partial charge in [-0.3, -0.25) is 23.9 Å². The van der Waals surface area contributed by atoms with E-state index in [1.165, 1.54) is 21.8 Å². The number of fused-ring (bicyclic) bond motifs is 1. The molecular formula is C59H69ClF3N9O9S. The van der Waals surface area contributed by atoms with Crippen molar-refractivity contribution in [3.05, 3.63) is 123 Å². The van der Waals surface area contributed by atoms with E-state index in [9.17, 15) is 42.3 Å². The Morgan fingerprint density at radius 1 is 0.963 bits per heavy atom. The first-order valence-electron chi connectivity index (χ1n) is 27.1. The maximum absolute atomic E-state index is 14.6. The number of β-amino-alcohol motifs (C(OH)–C–C–N with tert-alkyl or cyclic N) is 1. The fourth-order valence-electron chi connectivity index (χ4n) is 9.94. The summed E-state index contributed by atoms with van der Waals surface area (Å²) in [6.45, 7) is 14.5. The van der Waals surface area contributed by atoms with Crippen molar-refractivity contribution in [2.24, 2.45) is 23.4 Å². The highest BCUT2D eigenvalue weighted by Crippen LogP contribution is 2.44. The number of nitrogens with zero attached hydrogens (tertiary/aromatic N) is 7. The number of ketones is 1. The number of Topliss-reactive ketones (excluding diaryl/α,β-unsaturated/α-hetero) is 1. The number of carbonyl (C=O) groups is 5. The summed E-state index contributed by atoms with van der Waals surface area (Å²) < 4.78 is 66.0. The van der Waals surface area contributed by atoms with Crippen LogP contribution in [0.1, 0.15) is 113 Å². The van der Waals surface area contributed by atoms with E-state index in [-0.39, 0.29) is 98.4 Å². The number of carbonyl (C=O) groups excluding carboxylic acids is 5. The number of nitrogens with one attached hydrogen (secondary N) is 2. The minimum atomic E-state index is -4.83. The Balaban J connectivity index is 0.893. The number of alkyl halides is 3. The van der Waals surface area contributed by atoms with Gasteiger partial charge in [0.2, 0.25) is 23.3 Å². The second-order valence-corrected chi connectivity index (χ2v) is 24.0. The van der Waals surface area contributed by atoms with E-state index >= 15 is 0 Å². The number of unbranched alkanes of at least 4 members (excludes halogenated alkanes) is 1. The summed E-state index contributed by atoms with van der Waals surface area (Å²) in [6.07, 6.45) is -0.893. The average molecular weight is 1170 g/mol. The lowest BCUT2D eigenvalue weighted by Gasteiger charge is -2.35. The van der Waals surface area contributed by atoms with Gasteiger partial charge >= 0.3 is 12.3 Å². The van der Waals surface area contributed by atoms with E-state index in [1.54, 1.807) is 97.4 Å². The molecule has 0 bridgehead atoms. The number of aromatic nitrogens is 5. The number of halogens is 4. The van der Waals surface area contributed by atoms with Crippen molar-refractivity contribution in [2.75, 3.05) is 19.8 Å². The van der Waals surface area contributed by atoms with Gasteiger partial charge < -0.3 is 44.0 Å². The molecule has 4 atom stereocenters. The topological polar surface area (TPSA) is 214 Å². The van der Waals surface area contributed by atoms with E-state index in [0.29, 0.717) is 34.7 Å². The zero-order valence-corrected chi connectivity index (χ0v) is 48.9. The number of ether oxygens (including phenoxy) is 3. The molecule has 0 spiro atoms. The molecule has 5 heterocycles. The number of hydrogen-bond acceptors (Lipinski definition) is 12. The van der Waals surface area contributed by atoms with Gasteiger partial charge in [0.25, 0.3) is 0 Å². The lowest BCUT2D eigenvalue weighted by atomic mass is 9.85. The molecule has 3 aromatic heterocycles. The fraction of sp³-hybridized carbons (Fsp3) is 0.458.